The van der Waals surface area contributed by atoms with Crippen molar-refractivity contribution in [2.75, 3.05) is 0 Å². The maximum atomic E-state index is 12.8. The van der Waals surface area contributed by atoms with Gasteiger partial charge in [-0.15, -0.1) is 0 Å². The van der Waals surface area contributed by atoms with Crippen LogP contribution in [0.25, 0.3) is 0 Å². The number of carboxylic acids is 1. The average molecular weight is 519 g/mol. The molecule has 0 radical (unpaired) electrons. The average Bonchev–Trinajstić information content (AvgIpc) is 3.09. The summed E-state index contributed by atoms with van der Waals surface area (Å²) < 4.78 is 38.1. The molecule has 0 bridgehead atoms. The Labute approximate surface area is 234 Å². The summed E-state index contributed by atoms with van der Waals surface area (Å²) in [6, 6.07) is 0. The van der Waals surface area contributed by atoms with E-state index in [4.69, 9.17) is 4.18 Å². The van der Waals surface area contributed by atoms with Crippen LogP contribution in [0.3, 0.4) is 0 Å². The van der Waals surface area contributed by atoms with Gasteiger partial charge >= 0.3 is 35.5 Å². The standard InChI is InChI=1S/C27H44O6S.Na/c1-17(2)6-5-7-18(3)22-10-11-23-21-9-8-19-16-20(33-34(30,31)32)12-15-27(19,25(28)29)24(21)13-14-26(22,23)4;/h8,17-18,20-24H,5-7,9-16H2,1-4H3,(H,28,29)(H,30,31,32);/q;+1/p-1/t18-,20+,21?,22-,23?,24?,26-,27-;/m1./s1. The number of aliphatic carboxylic acids is 1. The van der Waals surface area contributed by atoms with Crippen LogP contribution in [-0.4, -0.2) is 30.2 Å². The SMILES string of the molecule is CC(C)CCC[C@@H](C)[C@H]1CCC2C3CC=C4C[C@@H](OS(=O)(=O)[O-])CC[C@]4(C(=O)O)C3CC[C@@]21C.[Na+]. The predicted octanol–water partition coefficient (Wildman–Crippen LogP) is 2.94. The number of allylic oxidation sites excluding steroid dienone is 1. The summed E-state index contributed by atoms with van der Waals surface area (Å²) >= 11 is 0. The Hall–Kier alpha value is 0.0800. The number of hydrogen-bond acceptors (Lipinski definition) is 5. The first-order valence-corrected chi connectivity index (χ1v) is 14.8. The fourth-order valence-electron chi connectivity index (χ4n) is 8.95. The van der Waals surface area contributed by atoms with E-state index in [1.165, 1.54) is 32.1 Å². The number of rotatable bonds is 8. The quantitative estimate of drug-likeness (QED) is 0.229. The van der Waals surface area contributed by atoms with Gasteiger partial charge in [-0.2, -0.15) is 0 Å². The molecule has 0 aliphatic heterocycles. The Bertz CT molecular complexity index is 917. The van der Waals surface area contributed by atoms with E-state index >= 15 is 0 Å². The summed E-state index contributed by atoms with van der Waals surface area (Å²) in [7, 11) is -4.80. The molecule has 0 spiro atoms. The number of hydrogen-bond donors (Lipinski definition) is 1. The second-order valence-corrected chi connectivity index (χ2v) is 13.5. The molecular formula is C27H43NaO6S. The zero-order valence-corrected chi connectivity index (χ0v) is 25.1. The molecule has 35 heavy (non-hydrogen) atoms. The summed E-state index contributed by atoms with van der Waals surface area (Å²) in [6.07, 6.45) is 11.4. The zero-order chi connectivity index (χ0) is 24.9. The second kappa shape index (κ2) is 11.1. The van der Waals surface area contributed by atoms with Crippen LogP contribution in [0.2, 0.25) is 0 Å². The molecule has 4 aliphatic rings. The molecule has 0 aromatic rings. The van der Waals surface area contributed by atoms with Crippen LogP contribution in [0.5, 0.6) is 0 Å². The van der Waals surface area contributed by atoms with Gasteiger partial charge in [-0.05, 0) is 92.3 Å². The molecule has 0 saturated heterocycles. The van der Waals surface area contributed by atoms with Gasteiger partial charge in [0.05, 0.1) is 11.5 Å². The van der Waals surface area contributed by atoms with E-state index in [9.17, 15) is 22.9 Å². The van der Waals surface area contributed by atoms with Gasteiger partial charge in [0.25, 0.3) is 0 Å². The van der Waals surface area contributed by atoms with Gasteiger partial charge in [0.15, 0.2) is 0 Å². The summed E-state index contributed by atoms with van der Waals surface area (Å²) in [5.41, 5.74) is 0.138. The minimum atomic E-state index is -4.80. The maximum absolute atomic E-state index is 12.8. The molecule has 3 fully saturated rings. The third-order valence-corrected chi connectivity index (χ3v) is 10.9. The smallest absolute Gasteiger partial charge is 0.726 e. The molecule has 8 heteroatoms. The van der Waals surface area contributed by atoms with Crippen LogP contribution in [-0.2, 0) is 19.4 Å². The van der Waals surface area contributed by atoms with Gasteiger partial charge in [-0.1, -0.05) is 58.6 Å². The fourth-order valence-corrected chi connectivity index (χ4v) is 9.45. The zero-order valence-electron chi connectivity index (χ0n) is 22.3. The minimum Gasteiger partial charge on any atom is -0.726 e. The van der Waals surface area contributed by atoms with Gasteiger partial charge in [0, 0.05) is 0 Å². The molecule has 4 rings (SSSR count). The van der Waals surface area contributed by atoms with E-state index in [0.29, 0.717) is 36.5 Å². The van der Waals surface area contributed by atoms with Crippen molar-refractivity contribution in [3.8, 4) is 0 Å². The molecule has 0 amide bonds. The van der Waals surface area contributed by atoms with E-state index in [1.54, 1.807) is 0 Å². The van der Waals surface area contributed by atoms with Crippen LogP contribution in [0.15, 0.2) is 11.6 Å². The van der Waals surface area contributed by atoms with Crippen molar-refractivity contribution in [2.45, 2.75) is 104 Å². The summed E-state index contributed by atoms with van der Waals surface area (Å²) in [6.45, 7) is 9.51. The van der Waals surface area contributed by atoms with Crippen LogP contribution in [0.1, 0.15) is 98.3 Å². The van der Waals surface area contributed by atoms with E-state index in [0.717, 1.165) is 30.8 Å². The largest absolute Gasteiger partial charge is 1.00 e. The molecule has 0 aromatic carbocycles. The summed E-state index contributed by atoms with van der Waals surface area (Å²) in [5.74, 6) is 2.39. The van der Waals surface area contributed by atoms with E-state index in [-0.39, 0.29) is 47.3 Å². The normalized spacial score (nSPS) is 39.6. The monoisotopic (exact) mass is 518 g/mol. The Morgan fingerprint density at radius 3 is 2.49 bits per heavy atom. The molecule has 0 aromatic heterocycles. The van der Waals surface area contributed by atoms with E-state index in [1.807, 2.05) is 0 Å². The number of fused-ring (bicyclic) bond motifs is 5. The molecule has 0 heterocycles. The third-order valence-electron chi connectivity index (χ3n) is 10.4. The van der Waals surface area contributed by atoms with Crippen molar-refractivity contribution in [3.63, 3.8) is 0 Å². The Balaban J connectivity index is 0.00000342. The minimum absolute atomic E-state index is 0. The topological polar surface area (TPSA) is 104 Å². The van der Waals surface area contributed by atoms with Crippen molar-refractivity contribution >= 4 is 16.4 Å². The van der Waals surface area contributed by atoms with Crippen molar-refractivity contribution in [1.29, 1.82) is 0 Å². The predicted molar refractivity (Wildman–Crippen MR) is 130 cm³/mol. The van der Waals surface area contributed by atoms with Crippen LogP contribution >= 0.6 is 0 Å². The van der Waals surface area contributed by atoms with Gasteiger partial charge in [-0.25, -0.2) is 8.42 Å². The van der Waals surface area contributed by atoms with Crippen LogP contribution < -0.4 is 29.6 Å². The third kappa shape index (κ3) is 5.61. The number of carboxylic acid groups (broad SMARTS) is 1. The molecule has 3 unspecified atom stereocenters. The molecule has 8 atom stereocenters. The summed E-state index contributed by atoms with van der Waals surface area (Å²) in [4.78, 5) is 12.8. The maximum Gasteiger partial charge on any atom is 1.00 e. The Morgan fingerprint density at radius 1 is 1.14 bits per heavy atom. The molecule has 4 aliphatic carbocycles. The first-order valence-electron chi connectivity index (χ1n) is 13.5. The van der Waals surface area contributed by atoms with Crippen LogP contribution in [0, 0.1) is 46.3 Å². The van der Waals surface area contributed by atoms with Crippen molar-refractivity contribution in [1.82, 2.24) is 0 Å². The first-order chi connectivity index (χ1) is 15.9. The van der Waals surface area contributed by atoms with Gasteiger partial charge in [0.2, 0.25) is 10.4 Å². The van der Waals surface area contributed by atoms with Gasteiger partial charge in [-0.3, -0.25) is 8.98 Å². The van der Waals surface area contributed by atoms with Crippen molar-refractivity contribution in [3.05, 3.63) is 11.6 Å². The molecule has 3 saturated carbocycles. The first kappa shape index (κ1) is 29.6. The Morgan fingerprint density at radius 2 is 1.86 bits per heavy atom. The van der Waals surface area contributed by atoms with E-state index < -0.39 is 27.9 Å². The van der Waals surface area contributed by atoms with Crippen LogP contribution in [0.4, 0.5) is 0 Å². The second-order valence-electron chi connectivity index (χ2n) is 12.5. The van der Waals surface area contributed by atoms with Crippen molar-refractivity contribution in [2.24, 2.45) is 46.3 Å². The van der Waals surface area contributed by atoms with Gasteiger partial charge in [0.1, 0.15) is 0 Å². The van der Waals surface area contributed by atoms with Crippen molar-refractivity contribution < 1.29 is 56.6 Å². The molecule has 6 nitrogen and oxygen atoms in total. The molecular weight excluding hydrogens is 475 g/mol. The van der Waals surface area contributed by atoms with E-state index in [2.05, 4.69) is 33.8 Å². The fraction of sp³-hybridized carbons (Fsp3) is 0.889. The summed E-state index contributed by atoms with van der Waals surface area (Å²) in [5, 5.41) is 10.5. The number of carbonyl (C=O) groups is 1. The molecule has 194 valence electrons. The van der Waals surface area contributed by atoms with Gasteiger partial charge < -0.3 is 9.66 Å². The molecule has 1 N–H and O–H groups in total. The Kier molecular flexibility index (Phi) is 9.36.